The van der Waals surface area contributed by atoms with E-state index in [1.165, 1.54) is 30.5 Å². The average Bonchev–Trinajstić information content (AvgIpc) is 3.15. The molecule has 1 saturated heterocycles. The number of fused-ring (bicyclic) bond motifs is 3. The molecule has 2 aliphatic rings. The Bertz CT molecular complexity index is 1350. The Hall–Kier alpha value is -3.43. The highest BCUT2D eigenvalue weighted by Gasteiger charge is 2.39. The first kappa shape index (κ1) is 25.2. The van der Waals surface area contributed by atoms with E-state index in [1.54, 1.807) is 11.0 Å². The maximum Gasteiger partial charge on any atom is 0.417 e. The number of halogens is 4. The summed E-state index contributed by atoms with van der Waals surface area (Å²) in [6, 6.07) is 13.2. The van der Waals surface area contributed by atoms with Gasteiger partial charge >= 0.3 is 6.18 Å². The molecule has 0 aliphatic carbocycles. The van der Waals surface area contributed by atoms with Gasteiger partial charge in [0.2, 0.25) is 0 Å². The van der Waals surface area contributed by atoms with Crippen molar-refractivity contribution in [1.29, 1.82) is 0 Å². The second-order valence-corrected chi connectivity index (χ2v) is 9.79. The normalized spacial score (nSPS) is 19.6. The number of likely N-dealkylation sites (tertiary alicyclic amines) is 1. The summed E-state index contributed by atoms with van der Waals surface area (Å²) in [5, 5.41) is 3.00. The monoisotopic (exact) mass is 528 g/mol. The van der Waals surface area contributed by atoms with Crippen LogP contribution in [-0.2, 0) is 6.18 Å². The molecule has 1 aromatic heterocycles. The van der Waals surface area contributed by atoms with Gasteiger partial charge in [0, 0.05) is 29.5 Å². The zero-order valence-electron chi connectivity index (χ0n) is 19.9. The molecule has 192 valence electrons. The molecule has 6 nitrogen and oxygen atoms in total. The molecule has 0 spiro atoms. The second-order valence-electron chi connectivity index (χ2n) is 9.35. The van der Waals surface area contributed by atoms with Gasteiger partial charge in [0.1, 0.15) is 5.82 Å². The Kier molecular flexibility index (Phi) is 6.68. The lowest BCUT2D eigenvalue weighted by Gasteiger charge is -2.27. The Balaban J connectivity index is 1.37. The third-order valence-electron chi connectivity index (χ3n) is 7.07. The van der Waals surface area contributed by atoms with Gasteiger partial charge in [0.05, 0.1) is 16.7 Å². The standard InChI is InChI=1S/C27H24ClF3N4O2/c1-34-12-10-16-11-13-35(22-8-7-18(28)14-20(22)24(16)34)26(37)17-6-9-23(32-15-17)33-25(36)19-4-2-3-5-21(19)27(29,30)31/h2-9,14-16,24H,10-13H2,1H3,(H,32,33,36)/t16-,24-/m0/s1. The molecule has 0 saturated carbocycles. The third-order valence-corrected chi connectivity index (χ3v) is 7.31. The van der Waals surface area contributed by atoms with Gasteiger partial charge in [-0.3, -0.25) is 14.5 Å². The van der Waals surface area contributed by atoms with Crippen molar-refractivity contribution >= 4 is 34.9 Å². The smallest absolute Gasteiger partial charge is 0.308 e. The van der Waals surface area contributed by atoms with Crippen LogP contribution in [0.1, 0.15) is 50.7 Å². The number of nitrogens with zero attached hydrogens (tertiary/aromatic N) is 3. The molecule has 0 bridgehead atoms. The maximum absolute atomic E-state index is 13.5. The van der Waals surface area contributed by atoms with Crippen LogP contribution in [0.2, 0.25) is 5.02 Å². The summed E-state index contributed by atoms with van der Waals surface area (Å²) in [5.41, 5.74) is 0.581. The van der Waals surface area contributed by atoms with Gasteiger partial charge in [0.25, 0.3) is 11.8 Å². The summed E-state index contributed by atoms with van der Waals surface area (Å²) in [7, 11) is 2.08. The van der Waals surface area contributed by atoms with Crippen LogP contribution in [0, 0.1) is 5.92 Å². The van der Waals surface area contributed by atoms with Crippen LogP contribution in [0.4, 0.5) is 24.7 Å². The van der Waals surface area contributed by atoms with E-state index in [0.717, 1.165) is 42.8 Å². The minimum atomic E-state index is -4.67. The van der Waals surface area contributed by atoms with Gasteiger partial charge in [-0.05, 0) is 80.4 Å². The molecule has 3 aromatic rings. The topological polar surface area (TPSA) is 65.5 Å². The Morgan fingerprint density at radius 2 is 1.81 bits per heavy atom. The Morgan fingerprint density at radius 1 is 1.05 bits per heavy atom. The summed E-state index contributed by atoms with van der Waals surface area (Å²) in [4.78, 5) is 34.2. The van der Waals surface area contributed by atoms with Crippen LogP contribution in [0.3, 0.4) is 0 Å². The lowest BCUT2D eigenvalue weighted by atomic mass is 9.92. The predicted molar refractivity (Wildman–Crippen MR) is 135 cm³/mol. The average molecular weight is 529 g/mol. The number of hydrogen-bond acceptors (Lipinski definition) is 4. The molecule has 2 amide bonds. The molecular weight excluding hydrogens is 505 g/mol. The first-order valence-electron chi connectivity index (χ1n) is 11.9. The molecule has 2 atom stereocenters. The number of hydrogen-bond donors (Lipinski definition) is 1. The third kappa shape index (κ3) is 4.93. The molecule has 0 radical (unpaired) electrons. The highest BCUT2D eigenvalue weighted by molar-refractivity contribution is 6.30. The van der Waals surface area contributed by atoms with Crippen molar-refractivity contribution in [2.75, 3.05) is 30.4 Å². The molecule has 5 rings (SSSR count). The molecule has 37 heavy (non-hydrogen) atoms. The summed E-state index contributed by atoms with van der Waals surface area (Å²) < 4.78 is 39.8. The number of aromatic nitrogens is 1. The van der Waals surface area contributed by atoms with Gasteiger partial charge in [-0.25, -0.2) is 4.98 Å². The van der Waals surface area contributed by atoms with Crippen molar-refractivity contribution < 1.29 is 22.8 Å². The van der Waals surface area contributed by atoms with Crippen molar-refractivity contribution in [1.82, 2.24) is 9.88 Å². The van der Waals surface area contributed by atoms with Crippen molar-refractivity contribution in [3.8, 4) is 0 Å². The number of pyridine rings is 1. The summed E-state index contributed by atoms with van der Waals surface area (Å²) in [5.74, 6) is -0.736. The number of rotatable bonds is 3. The molecule has 1 fully saturated rings. The van der Waals surface area contributed by atoms with E-state index in [0.29, 0.717) is 23.0 Å². The first-order chi connectivity index (χ1) is 17.6. The lowest BCUT2D eigenvalue weighted by Crippen LogP contribution is -2.32. The van der Waals surface area contributed by atoms with Gasteiger partial charge in [-0.1, -0.05) is 23.7 Å². The second kappa shape index (κ2) is 9.79. The molecule has 1 N–H and O–H groups in total. The zero-order valence-corrected chi connectivity index (χ0v) is 20.7. The highest BCUT2D eigenvalue weighted by Crippen LogP contribution is 2.45. The van der Waals surface area contributed by atoms with E-state index < -0.39 is 23.2 Å². The van der Waals surface area contributed by atoms with Crippen LogP contribution in [0.25, 0.3) is 0 Å². The number of amides is 2. The zero-order chi connectivity index (χ0) is 26.3. The molecule has 2 aromatic carbocycles. The van der Waals surface area contributed by atoms with Crippen molar-refractivity contribution in [3.05, 3.63) is 88.1 Å². The largest absolute Gasteiger partial charge is 0.417 e. The number of carbonyl (C=O) groups excluding carboxylic acids is 2. The molecular formula is C27H24ClF3N4O2. The number of benzene rings is 2. The fourth-order valence-corrected chi connectivity index (χ4v) is 5.50. The molecule has 2 aliphatic heterocycles. The van der Waals surface area contributed by atoms with Gasteiger partial charge in [0.15, 0.2) is 0 Å². The summed E-state index contributed by atoms with van der Waals surface area (Å²) in [6.45, 7) is 1.52. The fraction of sp³-hybridized carbons (Fsp3) is 0.296. The lowest BCUT2D eigenvalue weighted by molar-refractivity contribution is -0.137. The maximum atomic E-state index is 13.5. The van der Waals surface area contributed by atoms with E-state index in [-0.39, 0.29) is 17.8 Å². The molecule has 10 heteroatoms. The Labute approximate surface area is 217 Å². The molecule has 0 unspecified atom stereocenters. The van der Waals surface area contributed by atoms with Gasteiger partial charge in [-0.2, -0.15) is 13.2 Å². The van der Waals surface area contributed by atoms with Crippen LogP contribution < -0.4 is 10.2 Å². The van der Waals surface area contributed by atoms with Crippen LogP contribution in [0.5, 0.6) is 0 Å². The predicted octanol–water partition coefficient (Wildman–Crippen LogP) is 6.05. The van der Waals surface area contributed by atoms with Crippen molar-refractivity contribution in [2.45, 2.75) is 25.1 Å². The van der Waals surface area contributed by atoms with Crippen LogP contribution >= 0.6 is 11.6 Å². The quantitative estimate of drug-likeness (QED) is 0.449. The molecule has 3 heterocycles. The number of nitrogens with one attached hydrogen (secondary N) is 1. The Morgan fingerprint density at radius 3 is 2.54 bits per heavy atom. The van der Waals surface area contributed by atoms with Gasteiger partial charge in [-0.15, -0.1) is 0 Å². The van der Waals surface area contributed by atoms with E-state index in [9.17, 15) is 22.8 Å². The SMILES string of the molecule is CN1CC[C@H]2CCN(C(=O)c3ccc(NC(=O)c4ccccc4C(F)(F)F)nc3)c3ccc(Cl)cc3[C@H]21. The summed E-state index contributed by atoms with van der Waals surface area (Å²) >= 11 is 6.32. The van der Waals surface area contributed by atoms with E-state index in [4.69, 9.17) is 11.6 Å². The number of carbonyl (C=O) groups is 2. The highest BCUT2D eigenvalue weighted by atomic mass is 35.5. The summed E-state index contributed by atoms with van der Waals surface area (Å²) in [6.07, 6.45) is -1.46. The van der Waals surface area contributed by atoms with E-state index >= 15 is 0 Å². The van der Waals surface area contributed by atoms with E-state index in [1.807, 2.05) is 12.1 Å². The number of anilines is 2. The van der Waals surface area contributed by atoms with Crippen LogP contribution in [0.15, 0.2) is 60.8 Å². The number of alkyl halides is 3. The van der Waals surface area contributed by atoms with Crippen LogP contribution in [-0.4, -0.2) is 41.8 Å². The van der Waals surface area contributed by atoms with Gasteiger partial charge < -0.3 is 10.2 Å². The first-order valence-corrected chi connectivity index (χ1v) is 12.3. The minimum Gasteiger partial charge on any atom is -0.308 e. The van der Waals surface area contributed by atoms with E-state index in [2.05, 4.69) is 22.2 Å². The van der Waals surface area contributed by atoms with Crippen molar-refractivity contribution in [2.24, 2.45) is 5.92 Å². The minimum absolute atomic E-state index is 0.0396. The van der Waals surface area contributed by atoms with Crippen molar-refractivity contribution in [3.63, 3.8) is 0 Å². The fourth-order valence-electron chi connectivity index (χ4n) is 5.32.